The molecule has 112 valence electrons. The molecule has 3 aromatic rings. The van der Waals surface area contributed by atoms with Gasteiger partial charge in [0.1, 0.15) is 0 Å². The number of H-pyrrole nitrogens is 1. The lowest BCUT2D eigenvalue weighted by molar-refractivity contribution is 0.205. The SMILES string of the molecule is C[Si](C)(c1ccccc1)N(C(=O)O)c1nc2ccccc2[nH]1. The number of para-hydroxylation sites is 2. The third kappa shape index (κ3) is 2.37. The van der Waals surface area contributed by atoms with Gasteiger partial charge in [0.25, 0.3) is 0 Å². The predicted octanol–water partition coefficient (Wildman–Crippen LogP) is 3.16. The van der Waals surface area contributed by atoms with E-state index in [4.69, 9.17) is 0 Å². The predicted molar refractivity (Wildman–Crippen MR) is 90.2 cm³/mol. The van der Waals surface area contributed by atoms with Crippen LogP contribution in [0.15, 0.2) is 54.6 Å². The summed E-state index contributed by atoms with van der Waals surface area (Å²) in [5.41, 5.74) is 1.60. The van der Waals surface area contributed by atoms with Crippen LogP contribution in [0.3, 0.4) is 0 Å². The van der Waals surface area contributed by atoms with Gasteiger partial charge in [-0.25, -0.2) is 9.78 Å². The fourth-order valence-corrected chi connectivity index (χ4v) is 4.99. The Morgan fingerprint density at radius 2 is 1.73 bits per heavy atom. The van der Waals surface area contributed by atoms with Crippen LogP contribution in [0, 0.1) is 0 Å². The Morgan fingerprint density at radius 1 is 1.09 bits per heavy atom. The van der Waals surface area contributed by atoms with E-state index in [0.29, 0.717) is 5.95 Å². The van der Waals surface area contributed by atoms with Gasteiger partial charge in [0.05, 0.1) is 11.0 Å². The summed E-state index contributed by atoms with van der Waals surface area (Å²) in [5.74, 6) is 0.384. The van der Waals surface area contributed by atoms with Crippen molar-refractivity contribution in [3.8, 4) is 0 Å². The van der Waals surface area contributed by atoms with Gasteiger partial charge in [-0.05, 0) is 30.4 Å². The summed E-state index contributed by atoms with van der Waals surface area (Å²) in [4.78, 5) is 19.5. The topological polar surface area (TPSA) is 69.2 Å². The summed E-state index contributed by atoms with van der Waals surface area (Å²) in [7, 11) is -2.44. The largest absolute Gasteiger partial charge is 0.465 e. The quantitative estimate of drug-likeness (QED) is 0.730. The van der Waals surface area contributed by atoms with Crippen LogP contribution in [0.1, 0.15) is 0 Å². The van der Waals surface area contributed by atoms with Gasteiger partial charge in [-0.15, -0.1) is 0 Å². The molecular weight excluding hydrogens is 294 g/mol. The average Bonchev–Trinajstić information content (AvgIpc) is 2.90. The zero-order chi connectivity index (χ0) is 15.7. The highest BCUT2D eigenvalue weighted by molar-refractivity contribution is 6.94. The standard InChI is InChI=1S/C16H17N3O2Si/c1-22(2,12-8-4-3-5-9-12)19(16(20)21)15-17-13-10-6-7-11-14(13)18-15/h3-11H,1-2H3,(H,17,18)(H,20,21). The summed E-state index contributed by atoms with van der Waals surface area (Å²) in [6, 6.07) is 17.3. The van der Waals surface area contributed by atoms with Crippen molar-refractivity contribution in [3.05, 3.63) is 54.6 Å². The molecule has 0 aliphatic rings. The van der Waals surface area contributed by atoms with E-state index in [-0.39, 0.29) is 0 Å². The molecule has 5 nitrogen and oxygen atoms in total. The van der Waals surface area contributed by atoms with Gasteiger partial charge in [0.2, 0.25) is 5.95 Å². The number of imidazole rings is 1. The average molecular weight is 311 g/mol. The minimum Gasteiger partial charge on any atom is -0.465 e. The molecule has 0 atom stereocenters. The number of benzene rings is 2. The minimum atomic E-state index is -2.44. The molecule has 0 aliphatic carbocycles. The molecular formula is C16H17N3O2Si. The smallest absolute Gasteiger partial charge is 0.406 e. The van der Waals surface area contributed by atoms with Crippen LogP contribution in [-0.4, -0.2) is 29.4 Å². The number of anilines is 1. The molecule has 0 radical (unpaired) electrons. The molecule has 2 N–H and O–H groups in total. The van der Waals surface area contributed by atoms with Gasteiger partial charge >= 0.3 is 6.09 Å². The molecule has 0 saturated heterocycles. The van der Waals surface area contributed by atoms with Crippen molar-refractivity contribution in [3.63, 3.8) is 0 Å². The number of nitrogens with one attached hydrogen (secondary N) is 1. The van der Waals surface area contributed by atoms with Gasteiger partial charge in [0.15, 0.2) is 8.24 Å². The number of fused-ring (bicyclic) bond motifs is 1. The highest BCUT2D eigenvalue weighted by atomic mass is 28.3. The fourth-order valence-electron chi connectivity index (χ4n) is 2.61. The lowest BCUT2D eigenvalue weighted by atomic mass is 10.3. The molecule has 6 heteroatoms. The minimum absolute atomic E-state index is 0.384. The highest BCUT2D eigenvalue weighted by Crippen LogP contribution is 2.22. The lowest BCUT2D eigenvalue weighted by Crippen LogP contribution is -2.60. The van der Waals surface area contributed by atoms with Crippen molar-refractivity contribution in [1.29, 1.82) is 0 Å². The van der Waals surface area contributed by atoms with Gasteiger partial charge in [-0.2, -0.15) is 0 Å². The van der Waals surface area contributed by atoms with Gasteiger partial charge in [-0.1, -0.05) is 42.5 Å². The van der Waals surface area contributed by atoms with E-state index in [1.807, 2.05) is 67.7 Å². The monoisotopic (exact) mass is 311 g/mol. The molecule has 0 bridgehead atoms. The van der Waals surface area contributed by atoms with Crippen LogP contribution in [0.4, 0.5) is 10.7 Å². The molecule has 1 aromatic heterocycles. The zero-order valence-electron chi connectivity index (χ0n) is 12.4. The van der Waals surface area contributed by atoms with Gasteiger partial charge < -0.3 is 10.1 Å². The number of amides is 1. The number of nitrogens with zero attached hydrogens (tertiary/aromatic N) is 2. The number of hydrogen-bond donors (Lipinski definition) is 2. The second-order valence-electron chi connectivity index (χ2n) is 5.62. The first kappa shape index (κ1) is 14.3. The number of carbonyl (C=O) groups is 1. The summed E-state index contributed by atoms with van der Waals surface area (Å²) < 4.78 is 1.41. The van der Waals surface area contributed by atoms with E-state index in [9.17, 15) is 9.90 Å². The maximum atomic E-state index is 11.9. The molecule has 1 heterocycles. The Morgan fingerprint density at radius 3 is 2.36 bits per heavy atom. The summed E-state index contributed by atoms with van der Waals surface area (Å²) in [5, 5.41) is 10.8. The molecule has 3 rings (SSSR count). The third-order valence-corrected chi connectivity index (χ3v) is 7.09. The van der Waals surface area contributed by atoms with Crippen LogP contribution in [0.5, 0.6) is 0 Å². The fraction of sp³-hybridized carbons (Fsp3) is 0.125. The van der Waals surface area contributed by atoms with Crippen molar-refractivity contribution >= 4 is 36.5 Å². The Bertz CT molecular complexity index is 781. The van der Waals surface area contributed by atoms with Crippen LogP contribution in [-0.2, 0) is 0 Å². The first-order valence-corrected chi connectivity index (χ1v) is 9.98. The number of rotatable bonds is 3. The second-order valence-corrected chi connectivity index (χ2v) is 9.76. The summed E-state index contributed by atoms with van der Waals surface area (Å²) in [6.07, 6.45) is -0.987. The number of aromatic nitrogens is 2. The van der Waals surface area contributed by atoms with Crippen LogP contribution in [0.2, 0.25) is 13.1 Å². The number of aromatic amines is 1. The van der Waals surface area contributed by atoms with Crippen LogP contribution < -0.4 is 9.75 Å². The summed E-state index contributed by atoms with van der Waals surface area (Å²) >= 11 is 0. The van der Waals surface area contributed by atoms with E-state index < -0.39 is 14.3 Å². The van der Waals surface area contributed by atoms with E-state index in [1.165, 1.54) is 4.57 Å². The molecule has 0 unspecified atom stereocenters. The zero-order valence-corrected chi connectivity index (χ0v) is 13.4. The van der Waals surface area contributed by atoms with E-state index in [0.717, 1.165) is 16.2 Å². The molecule has 0 aliphatic heterocycles. The van der Waals surface area contributed by atoms with Crippen molar-refractivity contribution in [2.75, 3.05) is 4.57 Å². The molecule has 2 aromatic carbocycles. The highest BCUT2D eigenvalue weighted by Gasteiger charge is 2.38. The maximum absolute atomic E-state index is 11.9. The Kier molecular flexibility index (Phi) is 3.46. The van der Waals surface area contributed by atoms with Gasteiger partial charge in [-0.3, -0.25) is 4.57 Å². The Hall–Kier alpha value is -2.60. The Balaban J connectivity index is 2.12. The van der Waals surface area contributed by atoms with Crippen molar-refractivity contribution < 1.29 is 9.90 Å². The van der Waals surface area contributed by atoms with E-state index in [1.54, 1.807) is 0 Å². The number of hydrogen-bond acceptors (Lipinski definition) is 2. The molecule has 0 spiro atoms. The van der Waals surface area contributed by atoms with E-state index >= 15 is 0 Å². The van der Waals surface area contributed by atoms with Crippen molar-refractivity contribution in [2.45, 2.75) is 13.1 Å². The van der Waals surface area contributed by atoms with Crippen LogP contribution in [0.25, 0.3) is 11.0 Å². The normalized spacial score (nSPS) is 11.5. The lowest BCUT2D eigenvalue weighted by Gasteiger charge is -2.32. The second kappa shape index (κ2) is 5.30. The third-order valence-electron chi connectivity index (χ3n) is 3.82. The summed E-state index contributed by atoms with van der Waals surface area (Å²) in [6.45, 7) is 4.01. The van der Waals surface area contributed by atoms with Gasteiger partial charge in [0, 0.05) is 0 Å². The van der Waals surface area contributed by atoms with E-state index in [2.05, 4.69) is 9.97 Å². The van der Waals surface area contributed by atoms with Crippen molar-refractivity contribution in [2.24, 2.45) is 0 Å². The number of carboxylic acid groups (broad SMARTS) is 1. The molecule has 22 heavy (non-hydrogen) atoms. The molecule has 1 amide bonds. The maximum Gasteiger partial charge on any atom is 0.406 e. The first-order valence-electron chi connectivity index (χ1n) is 7.03. The van der Waals surface area contributed by atoms with Crippen LogP contribution >= 0.6 is 0 Å². The Labute approximate surface area is 129 Å². The first-order chi connectivity index (χ1) is 10.5. The molecule has 0 saturated carbocycles. The van der Waals surface area contributed by atoms with Crippen molar-refractivity contribution in [1.82, 2.24) is 9.97 Å². The molecule has 0 fully saturated rings.